The summed E-state index contributed by atoms with van der Waals surface area (Å²) in [7, 11) is -3.44. The maximum atomic E-state index is 12.5. The summed E-state index contributed by atoms with van der Waals surface area (Å²) in [5.41, 5.74) is 0.850. The molecule has 2 N–H and O–H groups in total. The summed E-state index contributed by atoms with van der Waals surface area (Å²) in [6.45, 7) is 7.94. The number of nitrogens with zero attached hydrogens (tertiary/aromatic N) is 1. The molecule has 0 aliphatic carbocycles. The van der Waals surface area contributed by atoms with Gasteiger partial charge in [0.2, 0.25) is 10.0 Å². The normalized spacial score (nSPS) is 18.1. The lowest BCUT2D eigenvalue weighted by Crippen LogP contribution is -3.19. The fourth-order valence-corrected chi connectivity index (χ4v) is 3.98. The quantitative estimate of drug-likeness (QED) is 0.663. The van der Waals surface area contributed by atoms with E-state index in [1.807, 2.05) is 37.3 Å². The van der Waals surface area contributed by atoms with Crippen molar-refractivity contribution in [3.8, 4) is 0 Å². The molecule has 1 amide bonds. The standard InChI is InChI=1S/C18H25N3O3S/c1-3-10-19-18(22)16(2)20-11-13-21(14-12-20)25(23,24)15-9-17-7-5-4-6-8-17/h3-9,15-16H,1,10-14H2,2H3,(H,19,22)/p+1/b15-9+/t16-/m0/s1. The Morgan fingerprint density at radius 1 is 1.32 bits per heavy atom. The van der Waals surface area contributed by atoms with Gasteiger partial charge in [-0.05, 0) is 18.6 Å². The molecule has 0 saturated carbocycles. The van der Waals surface area contributed by atoms with Gasteiger partial charge in [0.1, 0.15) is 0 Å². The van der Waals surface area contributed by atoms with Gasteiger partial charge >= 0.3 is 0 Å². The van der Waals surface area contributed by atoms with Crippen molar-refractivity contribution in [2.75, 3.05) is 32.7 Å². The Morgan fingerprint density at radius 3 is 2.56 bits per heavy atom. The van der Waals surface area contributed by atoms with Crippen molar-refractivity contribution in [3.63, 3.8) is 0 Å². The van der Waals surface area contributed by atoms with Crippen molar-refractivity contribution in [2.45, 2.75) is 13.0 Å². The molecule has 25 heavy (non-hydrogen) atoms. The first-order valence-corrected chi connectivity index (χ1v) is 9.91. The van der Waals surface area contributed by atoms with Gasteiger partial charge in [-0.2, -0.15) is 4.31 Å². The van der Waals surface area contributed by atoms with E-state index < -0.39 is 10.0 Å². The third-order valence-electron chi connectivity index (χ3n) is 4.38. The molecule has 1 heterocycles. The molecule has 1 aromatic carbocycles. The number of hydrogen-bond acceptors (Lipinski definition) is 3. The van der Waals surface area contributed by atoms with E-state index >= 15 is 0 Å². The highest BCUT2D eigenvalue weighted by Gasteiger charge is 2.32. The average Bonchev–Trinajstić information content (AvgIpc) is 2.65. The minimum Gasteiger partial charge on any atom is -0.347 e. The number of nitrogens with one attached hydrogen (secondary N) is 2. The SMILES string of the molecule is C=CCNC(=O)[C@H](C)[NH+]1CCN(S(=O)(=O)/C=C/c2ccccc2)CC1. The van der Waals surface area contributed by atoms with Gasteiger partial charge in [0.25, 0.3) is 5.91 Å². The number of quaternary nitrogens is 1. The van der Waals surface area contributed by atoms with Crippen LogP contribution in [0.2, 0.25) is 0 Å². The molecule has 1 aromatic rings. The van der Waals surface area contributed by atoms with Crippen LogP contribution >= 0.6 is 0 Å². The zero-order chi connectivity index (χ0) is 18.3. The minimum absolute atomic E-state index is 0.0322. The third kappa shape index (κ3) is 5.52. The highest BCUT2D eigenvalue weighted by Crippen LogP contribution is 2.08. The van der Waals surface area contributed by atoms with Crippen LogP contribution in [0.4, 0.5) is 0 Å². The lowest BCUT2D eigenvalue weighted by Gasteiger charge is -2.33. The van der Waals surface area contributed by atoms with Gasteiger partial charge in [-0.3, -0.25) is 4.79 Å². The molecule has 0 unspecified atom stereocenters. The van der Waals surface area contributed by atoms with Crippen LogP contribution in [0.3, 0.4) is 0 Å². The Kier molecular flexibility index (Phi) is 6.92. The summed E-state index contributed by atoms with van der Waals surface area (Å²) < 4.78 is 26.4. The largest absolute Gasteiger partial charge is 0.347 e. The predicted molar refractivity (Wildman–Crippen MR) is 99.3 cm³/mol. The fraction of sp³-hybridized carbons (Fsp3) is 0.389. The van der Waals surface area contributed by atoms with Gasteiger partial charge in [0.15, 0.2) is 6.04 Å². The van der Waals surface area contributed by atoms with Gasteiger partial charge in [-0.25, -0.2) is 8.42 Å². The molecule has 0 bridgehead atoms. The second-order valence-corrected chi connectivity index (χ2v) is 7.89. The number of carbonyl (C=O) groups is 1. The number of amides is 1. The van der Waals surface area contributed by atoms with Crippen molar-refractivity contribution in [3.05, 3.63) is 54.0 Å². The summed E-state index contributed by atoms with van der Waals surface area (Å²) in [6.07, 6.45) is 3.25. The molecule has 136 valence electrons. The molecule has 2 rings (SSSR count). The summed E-state index contributed by atoms with van der Waals surface area (Å²) in [4.78, 5) is 13.1. The Morgan fingerprint density at radius 2 is 1.96 bits per heavy atom. The van der Waals surface area contributed by atoms with Crippen molar-refractivity contribution >= 4 is 22.0 Å². The van der Waals surface area contributed by atoms with Crippen molar-refractivity contribution in [2.24, 2.45) is 0 Å². The Balaban J connectivity index is 1.91. The zero-order valence-electron chi connectivity index (χ0n) is 14.5. The number of sulfonamides is 1. The van der Waals surface area contributed by atoms with E-state index in [1.165, 1.54) is 9.71 Å². The third-order valence-corrected chi connectivity index (χ3v) is 5.95. The lowest BCUT2D eigenvalue weighted by atomic mass is 10.2. The summed E-state index contributed by atoms with van der Waals surface area (Å²) >= 11 is 0. The van der Waals surface area contributed by atoms with Crippen LogP contribution in [0, 0.1) is 0 Å². The van der Waals surface area contributed by atoms with E-state index in [0.29, 0.717) is 32.7 Å². The Hall–Kier alpha value is -1.96. The molecule has 0 aromatic heterocycles. The van der Waals surface area contributed by atoms with Crippen molar-refractivity contribution in [1.82, 2.24) is 9.62 Å². The van der Waals surface area contributed by atoms with E-state index in [0.717, 1.165) is 10.5 Å². The first-order chi connectivity index (χ1) is 11.9. The van der Waals surface area contributed by atoms with Gasteiger partial charge in [-0.1, -0.05) is 36.4 Å². The van der Waals surface area contributed by atoms with Gasteiger partial charge < -0.3 is 10.2 Å². The molecule has 6 nitrogen and oxygen atoms in total. The molecule has 0 spiro atoms. The van der Waals surface area contributed by atoms with Crippen LogP contribution in [0.1, 0.15) is 12.5 Å². The molecule has 7 heteroatoms. The van der Waals surface area contributed by atoms with Crippen molar-refractivity contribution < 1.29 is 18.1 Å². The smallest absolute Gasteiger partial charge is 0.278 e. The molecule has 1 fully saturated rings. The molecular formula is C18H26N3O3S+. The van der Waals surface area contributed by atoms with E-state index in [4.69, 9.17) is 0 Å². The summed E-state index contributed by atoms with van der Waals surface area (Å²) in [6, 6.07) is 9.14. The number of rotatable bonds is 7. The lowest BCUT2D eigenvalue weighted by molar-refractivity contribution is -0.917. The van der Waals surface area contributed by atoms with Gasteiger partial charge in [0.05, 0.1) is 26.2 Å². The van der Waals surface area contributed by atoms with E-state index in [9.17, 15) is 13.2 Å². The van der Waals surface area contributed by atoms with E-state index in [1.54, 1.807) is 12.2 Å². The van der Waals surface area contributed by atoms with Gasteiger partial charge in [0, 0.05) is 12.0 Å². The Bertz CT molecular complexity index is 708. The molecule has 1 aliphatic rings. The number of hydrogen-bond donors (Lipinski definition) is 2. The molecule has 0 radical (unpaired) electrons. The van der Waals surface area contributed by atoms with E-state index in [-0.39, 0.29) is 11.9 Å². The minimum atomic E-state index is -3.44. The molecule has 1 atom stereocenters. The first-order valence-electron chi connectivity index (χ1n) is 8.40. The molecule has 1 saturated heterocycles. The maximum Gasteiger partial charge on any atom is 0.278 e. The first kappa shape index (κ1) is 19.4. The number of carbonyl (C=O) groups excluding carboxylic acids is 1. The predicted octanol–water partition coefficient (Wildman–Crippen LogP) is -0.122. The average molecular weight is 364 g/mol. The van der Waals surface area contributed by atoms with Gasteiger partial charge in [-0.15, -0.1) is 6.58 Å². The van der Waals surface area contributed by atoms with E-state index in [2.05, 4.69) is 11.9 Å². The number of piperazine rings is 1. The second kappa shape index (κ2) is 8.94. The molecular weight excluding hydrogens is 338 g/mol. The Labute approximate surface area is 149 Å². The highest BCUT2D eigenvalue weighted by atomic mass is 32.2. The topological polar surface area (TPSA) is 70.9 Å². The van der Waals surface area contributed by atoms with Crippen LogP contribution in [0.15, 0.2) is 48.4 Å². The summed E-state index contributed by atoms with van der Waals surface area (Å²) in [5, 5.41) is 4.05. The van der Waals surface area contributed by atoms with Crippen LogP contribution in [-0.4, -0.2) is 57.4 Å². The number of benzene rings is 1. The highest BCUT2D eigenvalue weighted by molar-refractivity contribution is 7.92. The van der Waals surface area contributed by atoms with Crippen LogP contribution in [0.5, 0.6) is 0 Å². The monoisotopic (exact) mass is 364 g/mol. The zero-order valence-corrected chi connectivity index (χ0v) is 15.3. The van der Waals surface area contributed by atoms with Crippen LogP contribution in [0.25, 0.3) is 6.08 Å². The summed E-state index contributed by atoms with van der Waals surface area (Å²) in [5.74, 6) is -0.0322. The van der Waals surface area contributed by atoms with Crippen LogP contribution < -0.4 is 10.2 Å². The fourth-order valence-electron chi connectivity index (χ4n) is 2.79. The maximum absolute atomic E-state index is 12.5. The molecule has 1 aliphatic heterocycles. The van der Waals surface area contributed by atoms with Crippen molar-refractivity contribution in [1.29, 1.82) is 0 Å². The van der Waals surface area contributed by atoms with Crippen LogP contribution in [-0.2, 0) is 14.8 Å². The second-order valence-electron chi connectivity index (χ2n) is 6.07.